The van der Waals surface area contributed by atoms with Gasteiger partial charge in [-0.05, 0) is 59.3 Å². The van der Waals surface area contributed by atoms with Crippen LogP contribution in [0.5, 0.6) is 0 Å². The van der Waals surface area contributed by atoms with E-state index >= 15 is 0 Å². The van der Waals surface area contributed by atoms with E-state index in [-0.39, 0.29) is 5.91 Å². The van der Waals surface area contributed by atoms with Crippen molar-refractivity contribution in [3.05, 3.63) is 57.1 Å². The molecule has 0 aliphatic carbocycles. The monoisotopic (exact) mass is 300 g/mol. The molecule has 1 N–H and O–H groups in total. The molecule has 1 fully saturated rings. The molecule has 0 radical (unpaired) electrons. The molecule has 1 aliphatic heterocycles. The Morgan fingerprint density at radius 2 is 2.00 bits per heavy atom. The van der Waals surface area contributed by atoms with Gasteiger partial charge in [-0.2, -0.15) is 11.3 Å². The molecule has 1 aromatic carbocycles. The van der Waals surface area contributed by atoms with Crippen LogP contribution in [-0.4, -0.2) is 11.1 Å². The van der Waals surface area contributed by atoms with Crippen LogP contribution in [0, 0.1) is 6.92 Å². The van der Waals surface area contributed by atoms with Crippen LogP contribution in [0.3, 0.4) is 0 Å². The van der Waals surface area contributed by atoms with E-state index in [4.69, 9.17) is 0 Å². The van der Waals surface area contributed by atoms with E-state index in [0.29, 0.717) is 10.1 Å². The fourth-order valence-corrected chi connectivity index (χ4v) is 3.19. The molecule has 20 heavy (non-hydrogen) atoms. The molecule has 1 aromatic heterocycles. The Hall–Kier alpha value is -1.85. The van der Waals surface area contributed by atoms with Gasteiger partial charge in [0.15, 0.2) is 5.17 Å². The molecular formula is C15H12N2OS2. The maximum atomic E-state index is 11.9. The number of hydrogen-bond donors (Lipinski definition) is 1. The second kappa shape index (κ2) is 5.64. The molecule has 3 rings (SSSR count). The zero-order chi connectivity index (χ0) is 13.9. The van der Waals surface area contributed by atoms with Crippen LogP contribution in [0.4, 0.5) is 5.69 Å². The summed E-state index contributed by atoms with van der Waals surface area (Å²) in [6, 6.07) is 9.87. The number of carbonyl (C=O) groups excluding carboxylic acids is 1. The largest absolute Gasteiger partial charge is 0.300 e. The Bertz CT molecular complexity index is 685. The summed E-state index contributed by atoms with van der Waals surface area (Å²) in [7, 11) is 0. The van der Waals surface area contributed by atoms with Gasteiger partial charge < -0.3 is 5.32 Å². The lowest BCUT2D eigenvalue weighted by atomic mass is 10.2. The number of amides is 1. The molecule has 2 heterocycles. The maximum absolute atomic E-state index is 11.9. The van der Waals surface area contributed by atoms with E-state index in [9.17, 15) is 4.79 Å². The van der Waals surface area contributed by atoms with Crippen molar-refractivity contribution in [2.45, 2.75) is 6.92 Å². The first-order chi connectivity index (χ1) is 9.70. The molecule has 1 saturated heterocycles. The van der Waals surface area contributed by atoms with Gasteiger partial charge in [-0.25, -0.2) is 4.99 Å². The van der Waals surface area contributed by atoms with E-state index in [1.54, 1.807) is 11.3 Å². The highest BCUT2D eigenvalue weighted by Gasteiger charge is 2.23. The lowest BCUT2D eigenvalue weighted by Gasteiger charge is -1.96. The van der Waals surface area contributed by atoms with Crippen LogP contribution < -0.4 is 5.32 Å². The Morgan fingerprint density at radius 3 is 2.70 bits per heavy atom. The number of amidine groups is 1. The van der Waals surface area contributed by atoms with Gasteiger partial charge in [-0.15, -0.1) is 0 Å². The molecular weight excluding hydrogens is 288 g/mol. The number of rotatable bonds is 2. The summed E-state index contributed by atoms with van der Waals surface area (Å²) >= 11 is 2.98. The van der Waals surface area contributed by atoms with Crippen molar-refractivity contribution in [1.82, 2.24) is 5.32 Å². The van der Waals surface area contributed by atoms with Gasteiger partial charge >= 0.3 is 0 Å². The minimum atomic E-state index is -0.0907. The standard InChI is InChI=1S/C15H12N2OS2/c1-10-2-4-12(5-3-10)16-15-17-14(18)13(20-15)8-11-6-7-19-9-11/h2-9H,1H3,(H,16,17,18)/b13-8+. The van der Waals surface area contributed by atoms with E-state index < -0.39 is 0 Å². The van der Waals surface area contributed by atoms with Gasteiger partial charge in [0, 0.05) is 0 Å². The molecule has 1 amide bonds. The maximum Gasteiger partial charge on any atom is 0.264 e. The van der Waals surface area contributed by atoms with Crippen molar-refractivity contribution in [2.75, 3.05) is 0 Å². The summed E-state index contributed by atoms with van der Waals surface area (Å²) in [5, 5.41) is 7.42. The first-order valence-corrected chi connectivity index (χ1v) is 7.85. The van der Waals surface area contributed by atoms with Gasteiger partial charge in [0.2, 0.25) is 0 Å². The summed E-state index contributed by atoms with van der Waals surface area (Å²) in [4.78, 5) is 17.0. The van der Waals surface area contributed by atoms with Crippen LogP contribution in [0.1, 0.15) is 11.1 Å². The van der Waals surface area contributed by atoms with Crippen LogP contribution in [0.15, 0.2) is 51.0 Å². The van der Waals surface area contributed by atoms with E-state index in [2.05, 4.69) is 10.3 Å². The van der Waals surface area contributed by atoms with E-state index in [0.717, 1.165) is 11.3 Å². The Labute approximate surface area is 125 Å². The predicted octanol–water partition coefficient (Wildman–Crippen LogP) is 3.95. The molecule has 1 aliphatic rings. The predicted molar refractivity (Wildman–Crippen MR) is 86.3 cm³/mol. The number of benzene rings is 1. The highest BCUT2D eigenvalue weighted by atomic mass is 32.2. The molecule has 100 valence electrons. The summed E-state index contributed by atoms with van der Waals surface area (Å²) in [5.74, 6) is -0.0907. The van der Waals surface area contributed by atoms with Gasteiger partial charge in [-0.1, -0.05) is 17.7 Å². The van der Waals surface area contributed by atoms with Gasteiger partial charge in [0.05, 0.1) is 10.6 Å². The molecule has 0 unspecified atom stereocenters. The summed E-state index contributed by atoms with van der Waals surface area (Å²) in [6.45, 7) is 2.03. The van der Waals surface area contributed by atoms with Crippen molar-refractivity contribution in [3.8, 4) is 0 Å². The van der Waals surface area contributed by atoms with Crippen LogP contribution in [0.25, 0.3) is 6.08 Å². The Balaban J connectivity index is 1.81. The Kier molecular flexibility index (Phi) is 3.71. The van der Waals surface area contributed by atoms with Gasteiger partial charge in [-0.3, -0.25) is 4.79 Å². The fraction of sp³-hybridized carbons (Fsp3) is 0.0667. The number of hydrogen-bond acceptors (Lipinski definition) is 4. The number of aryl methyl sites for hydroxylation is 1. The lowest BCUT2D eigenvalue weighted by molar-refractivity contribution is -0.115. The minimum Gasteiger partial charge on any atom is -0.300 e. The van der Waals surface area contributed by atoms with Crippen molar-refractivity contribution in [3.63, 3.8) is 0 Å². The number of thioether (sulfide) groups is 1. The third-order valence-electron chi connectivity index (χ3n) is 2.76. The zero-order valence-corrected chi connectivity index (χ0v) is 12.4. The number of nitrogens with one attached hydrogen (secondary N) is 1. The lowest BCUT2D eigenvalue weighted by Crippen LogP contribution is -2.19. The summed E-state index contributed by atoms with van der Waals surface area (Å²) < 4.78 is 0. The van der Waals surface area contributed by atoms with Crippen molar-refractivity contribution < 1.29 is 4.79 Å². The molecule has 0 spiro atoms. The topological polar surface area (TPSA) is 41.5 Å². The molecule has 0 atom stereocenters. The molecule has 5 heteroatoms. The van der Waals surface area contributed by atoms with Crippen molar-refractivity contribution >= 4 is 45.9 Å². The smallest absolute Gasteiger partial charge is 0.264 e. The fourth-order valence-electron chi connectivity index (χ4n) is 1.73. The summed E-state index contributed by atoms with van der Waals surface area (Å²) in [6.07, 6.45) is 1.88. The number of nitrogens with zero attached hydrogens (tertiary/aromatic N) is 1. The second-order valence-electron chi connectivity index (χ2n) is 4.37. The minimum absolute atomic E-state index is 0.0907. The van der Waals surface area contributed by atoms with Crippen LogP contribution >= 0.6 is 23.1 Å². The third-order valence-corrected chi connectivity index (χ3v) is 4.37. The van der Waals surface area contributed by atoms with E-state index in [1.165, 1.54) is 17.3 Å². The number of carbonyl (C=O) groups is 1. The summed E-state index contributed by atoms with van der Waals surface area (Å²) in [5.41, 5.74) is 3.08. The number of aliphatic imine (C=N–C) groups is 1. The van der Waals surface area contributed by atoms with Crippen LogP contribution in [0.2, 0.25) is 0 Å². The highest BCUT2D eigenvalue weighted by Crippen LogP contribution is 2.28. The normalized spacial score (nSPS) is 18.8. The molecule has 0 bridgehead atoms. The zero-order valence-electron chi connectivity index (χ0n) is 10.8. The van der Waals surface area contributed by atoms with E-state index in [1.807, 2.05) is 54.1 Å². The first kappa shape index (κ1) is 13.1. The third kappa shape index (κ3) is 3.00. The molecule has 3 nitrogen and oxygen atoms in total. The van der Waals surface area contributed by atoms with Crippen molar-refractivity contribution in [1.29, 1.82) is 0 Å². The SMILES string of the molecule is Cc1ccc(N=C2NC(=O)/C(=C\c3ccsc3)S2)cc1. The average molecular weight is 300 g/mol. The average Bonchev–Trinajstić information content (AvgIpc) is 3.04. The quantitative estimate of drug-likeness (QED) is 0.853. The van der Waals surface area contributed by atoms with Gasteiger partial charge in [0.1, 0.15) is 0 Å². The second-order valence-corrected chi connectivity index (χ2v) is 6.18. The first-order valence-electron chi connectivity index (χ1n) is 6.09. The number of thiophene rings is 1. The molecule has 0 saturated carbocycles. The van der Waals surface area contributed by atoms with Gasteiger partial charge in [0.25, 0.3) is 5.91 Å². The van der Waals surface area contributed by atoms with Crippen molar-refractivity contribution in [2.24, 2.45) is 4.99 Å². The Morgan fingerprint density at radius 1 is 1.20 bits per heavy atom. The van der Waals surface area contributed by atoms with Crippen LogP contribution in [-0.2, 0) is 4.79 Å². The highest BCUT2D eigenvalue weighted by molar-refractivity contribution is 8.18. The molecule has 2 aromatic rings.